The van der Waals surface area contributed by atoms with Gasteiger partial charge in [-0.1, -0.05) is 20.8 Å². The van der Waals surface area contributed by atoms with Gasteiger partial charge in [-0.3, -0.25) is 4.79 Å². The third-order valence-corrected chi connectivity index (χ3v) is 1.48. The number of ether oxygens (including phenoxy) is 1. The SMILES string of the molecule is CCC(O)COC(=O)CC(C)C. The van der Waals surface area contributed by atoms with E-state index in [1.807, 2.05) is 20.8 Å². The lowest BCUT2D eigenvalue weighted by Crippen LogP contribution is -2.18. The predicted molar refractivity (Wildman–Crippen MR) is 46.7 cm³/mol. The zero-order valence-corrected chi connectivity index (χ0v) is 8.04. The lowest BCUT2D eigenvalue weighted by atomic mass is 10.1. The molecule has 0 spiro atoms. The van der Waals surface area contributed by atoms with Crippen LogP contribution in [0.5, 0.6) is 0 Å². The van der Waals surface area contributed by atoms with Crippen LogP contribution in [0.15, 0.2) is 0 Å². The molecule has 1 atom stereocenters. The molecule has 0 radical (unpaired) electrons. The number of carbonyl (C=O) groups is 1. The third kappa shape index (κ3) is 6.16. The lowest BCUT2D eigenvalue weighted by Gasteiger charge is -2.09. The summed E-state index contributed by atoms with van der Waals surface area (Å²) in [6.07, 6.45) is 0.534. The van der Waals surface area contributed by atoms with E-state index in [1.165, 1.54) is 0 Å². The molecule has 12 heavy (non-hydrogen) atoms. The van der Waals surface area contributed by atoms with Gasteiger partial charge >= 0.3 is 5.97 Å². The van der Waals surface area contributed by atoms with Gasteiger partial charge in [0.2, 0.25) is 0 Å². The number of rotatable bonds is 5. The molecule has 1 unspecified atom stereocenters. The van der Waals surface area contributed by atoms with Gasteiger partial charge in [0, 0.05) is 6.42 Å². The van der Waals surface area contributed by atoms with Crippen LogP contribution in [0.1, 0.15) is 33.6 Å². The van der Waals surface area contributed by atoms with Crippen LogP contribution >= 0.6 is 0 Å². The largest absolute Gasteiger partial charge is 0.463 e. The van der Waals surface area contributed by atoms with Crippen LogP contribution in [0, 0.1) is 5.92 Å². The van der Waals surface area contributed by atoms with Crippen LogP contribution in [-0.4, -0.2) is 23.8 Å². The van der Waals surface area contributed by atoms with Crippen molar-refractivity contribution in [3.05, 3.63) is 0 Å². The molecule has 72 valence electrons. The topological polar surface area (TPSA) is 46.5 Å². The van der Waals surface area contributed by atoms with Gasteiger partial charge in [-0.25, -0.2) is 0 Å². The van der Waals surface area contributed by atoms with Gasteiger partial charge in [0.25, 0.3) is 0 Å². The first-order valence-corrected chi connectivity index (χ1v) is 4.40. The zero-order chi connectivity index (χ0) is 9.56. The normalized spacial score (nSPS) is 13.1. The van der Waals surface area contributed by atoms with Crippen LogP contribution in [0.2, 0.25) is 0 Å². The Balaban J connectivity index is 3.44. The van der Waals surface area contributed by atoms with Crippen molar-refractivity contribution in [3.63, 3.8) is 0 Å². The minimum absolute atomic E-state index is 0.127. The molecule has 0 fully saturated rings. The Labute approximate surface area is 73.7 Å². The minimum Gasteiger partial charge on any atom is -0.463 e. The van der Waals surface area contributed by atoms with Crippen LogP contribution in [0.3, 0.4) is 0 Å². The molecule has 3 heteroatoms. The summed E-state index contributed by atoms with van der Waals surface area (Å²) in [7, 11) is 0. The average molecular weight is 174 g/mol. The van der Waals surface area contributed by atoms with Gasteiger partial charge in [0.15, 0.2) is 0 Å². The van der Waals surface area contributed by atoms with E-state index >= 15 is 0 Å². The summed E-state index contributed by atoms with van der Waals surface area (Å²) in [5.74, 6) is 0.0915. The third-order valence-electron chi connectivity index (χ3n) is 1.48. The van der Waals surface area contributed by atoms with Gasteiger partial charge in [-0.05, 0) is 12.3 Å². The summed E-state index contributed by atoms with van der Waals surface area (Å²) in [4.78, 5) is 10.9. The van der Waals surface area contributed by atoms with E-state index in [9.17, 15) is 4.79 Å². The van der Waals surface area contributed by atoms with Crippen molar-refractivity contribution in [2.75, 3.05) is 6.61 Å². The highest BCUT2D eigenvalue weighted by molar-refractivity contribution is 5.69. The van der Waals surface area contributed by atoms with E-state index in [1.54, 1.807) is 0 Å². The molecule has 0 bridgehead atoms. The number of hydrogen-bond donors (Lipinski definition) is 1. The van der Waals surface area contributed by atoms with Crippen molar-refractivity contribution in [1.82, 2.24) is 0 Å². The molecule has 0 aromatic heterocycles. The van der Waals surface area contributed by atoms with Gasteiger partial charge in [0.05, 0.1) is 6.10 Å². The second-order valence-corrected chi connectivity index (χ2v) is 3.34. The Bertz CT molecular complexity index is 132. The molecule has 0 saturated heterocycles. The zero-order valence-electron chi connectivity index (χ0n) is 8.04. The van der Waals surface area contributed by atoms with Gasteiger partial charge in [-0.15, -0.1) is 0 Å². The van der Waals surface area contributed by atoms with Gasteiger partial charge < -0.3 is 9.84 Å². The molecule has 0 aliphatic rings. The molecule has 0 aromatic carbocycles. The Morgan fingerprint density at radius 1 is 1.50 bits per heavy atom. The lowest BCUT2D eigenvalue weighted by molar-refractivity contribution is -0.147. The summed E-state index contributed by atoms with van der Waals surface area (Å²) in [5.41, 5.74) is 0. The second kappa shape index (κ2) is 6.00. The molecule has 0 rings (SSSR count). The van der Waals surface area contributed by atoms with E-state index in [2.05, 4.69) is 0 Å². The van der Waals surface area contributed by atoms with Crippen molar-refractivity contribution in [1.29, 1.82) is 0 Å². The summed E-state index contributed by atoms with van der Waals surface area (Å²) < 4.78 is 4.82. The summed E-state index contributed by atoms with van der Waals surface area (Å²) >= 11 is 0. The van der Waals surface area contributed by atoms with E-state index in [4.69, 9.17) is 9.84 Å². The number of esters is 1. The number of hydrogen-bond acceptors (Lipinski definition) is 3. The number of carbonyl (C=O) groups excluding carboxylic acids is 1. The van der Waals surface area contributed by atoms with E-state index < -0.39 is 6.10 Å². The fraction of sp³-hybridized carbons (Fsp3) is 0.889. The first-order chi connectivity index (χ1) is 5.56. The molecule has 1 N–H and O–H groups in total. The van der Waals surface area contributed by atoms with Crippen molar-refractivity contribution in [2.24, 2.45) is 5.92 Å². The smallest absolute Gasteiger partial charge is 0.306 e. The van der Waals surface area contributed by atoms with Crippen molar-refractivity contribution >= 4 is 5.97 Å². The highest BCUT2D eigenvalue weighted by Crippen LogP contribution is 2.01. The predicted octanol–water partition coefficient (Wildman–Crippen LogP) is 1.35. The van der Waals surface area contributed by atoms with Crippen molar-refractivity contribution in [2.45, 2.75) is 39.7 Å². The van der Waals surface area contributed by atoms with E-state index in [-0.39, 0.29) is 12.6 Å². The highest BCUT2D eigenvalue weighted by atomic mass is 16.5. The standard InChI is InChI=1S/C9H18O3/c1-4-8(10)6-12-9(11)5-7(2)3/h7-8,10H,4-6H2,1-3H3. The minimum atomic E-state index is -0.513. The average Bonchev–Trinajstić information content (AvgIpc) is 1.99. The maximum absolute atomic E-state index is 10.9. The van der Waals surface area contributed by atoms with Crippen LogP contribution in [0.4, 0.5) is 0 Å². The molecule has 3 nitrogen and oxygen atoms in total. The van der Waals surface area contributed by atoms with Gasteiger partial charge in [0.1, 0.15) is 6.61 Å². The van der Waals surface area contributed by atoms with Crippen LogP contribution in [0.25, 0.3) is 0 Å². The molecule has 0 heterocycles. The molecule has 0 aromatic rings. The first-order valence-electron chi connectivity index (χ1n) is 4.40. The Kier molecular flexibility index (Phi) is 5.72. The Hall–Kier alpha value is -0.570. The van der Waals surface area contributed by atoms with E-state index in [0.717, 1.165) is 0 Å². The first kappa shape index (κ1) is 11.4. The fourth-order valence-corrected chi connectivity index (χ4v) is 0.699. The summed E-state index contributed by atoms with van der Waals surface area (Å²) in [5, 5.41) is 9.06. The van der Waals surface area contributed by atoms with Crippen molar-refractivity contribution in [3.8, 4) is 0 Å². The summed E-state index contributed by atoms with van der Waals surface area (Å²) in [6, 6.07) is 0. The second-order valence-electron chi connectivity index (χ2n) is 3.34. The fourth-order valence-electron chi connectivity index (χ4n) is 0.699. The quantitative estimate of drug-likeness (QED) is 0.640. The molecular weight excluding hydrogens is 156 g/mol. The molecule has 0 saturated carbocycles. The van der Waals surface area contributed by atoms with Crippen LogP contribution < -0.4 is 0 Å². The Morgan fingerprint density at radius 3 is 2.50 bits per heavy atom. The molecular formula is C9H18O3. The molecule has 0 amide bonds. The highest BCUT2D eigenvalue weighted by Gasteiger charge is 2.08. The van der Waals surface area contributed by atoms with E-state index in [0.29, 0.717) is 18.8 Å². The number of aliphatic hydroxyl groups excluding tert-OH is 1. The molecule has 0 aliphatic heterocycles. The van der Waals surface area contributed by atoms with Crippen LogP contribution in [-0.2, 0) is 9.53 Å². The molecule has 0 aliphatic carbocycles. The maximum Gasteiger partial charge on any atom is 0.306 e. The van der Waals surface area contributed by atoms with Crippen molar-refractivity contribution < 1.29 is 14.6 Å². The number of aliphatic hydroxyl groups is 1. The summed E-state index contributed by atoms with van der Waals surface area (Å²) in [6.45, 7) is 5.89. The monoisotopic (exact) mass is 174 g/mol. The maximum atomic E-state index is 10.9. The Morgan fingerprint density at radius 2 is 2.08 bits per heavy atom. The van der Waals surface area contributed by atoms with Gasteiger partial charge in [-0.2, -0.15) is 0 Å².